The molecular weight excluding hydrogens is 464 g/mol. The molecule has 0 fully saturated rings. The SMILES string of the molecule is CCC(C(=O)N1CCC=C(CNC(N)=O)C1)N(c1ccccc1)S(=O)(=O)c1ccc(Cl)cc1. The number of primary amides is 1. The van der Waals surface area contributed by atoms with E-state index in [1.165, 1.54) is 28.6 Å². The van der Waals surface area contributed by atoms with Crippen LogP contribution in [0.25, 0.3) is 0 Å². The summed E-state index contributed by atoms with van der Waals surface area (Å²) < 4.78 is 28.6. The molecule has 2 aromatic carbocycles. The Labute approximate surface area is 199 Å². The van der Waals surface area contributed by atoms with Gasteiger partial charge in [-0.05, 0) is 54.8 Å². The van der Waals surface area contributed by atoms with Gasteiger partial charge in [-0.15, -0.1) is 0 Å². The maximum atomic E-state index is 13.7. The summed E-state index contributed by atoms with van der Waals surface area (Å²) in [4.78, 5) is 26.3. The Balaban J connectivity index is 1.95. The molecule has 0 saturated heterocycles. The number of carbonyl (C=O) groups is 2. The maximum Gasteiger partial charge on any atom is 0.312 e. The Kier molecular flexibility index (Phi) is 7.99. The van der Waals surface area contributed by atoms with E-state index in [-0.39, 0.29) is 23.8 Å². The van der Waals surface area contributed by atoms with Crippen molar-refractivity contribution in [1.29, 1.82) is 0 Å². The van der Waals surface area contributed by atoms with E-state index in [1.807, 2.05) is 6.08 Å². The minimum Gasteiger partial charge on any atom is -0.352 e. The van der Waals surface area contributed by atoms with Crippen molar-refractivity contribution in [3.8, 4) is 0 Å². The highest BCUT2D eigenvalue weighted by Crippen LogP contribution is 2.29. The summed E-state index contributed by atoms with van der Waals surface area (Å²) in [6.07, 6.45) is 2.84. The lowest BCUT2D eigenvalue weighted by Gasteiger charge is -2.36. The van der Waals surface area contributed by atoms with E-state index in [0.29, 0.717) is 30.2 Å². The van der Waals surface area contributed by atoms with E-state index in [4.69, 9.17) is 17.3 Å². The molecule has 0 aliphatic carbocycles. The number of hydrogen-bond donors (Lipinski definition) is 2. The number of nitrogens with one attached hydrogen (secondary N) is 1. The van der Waals surface area contributed by atoms with Crippen molar-refractivity contribution in [2.45, 2.75) is 30.7 Å². The summed E-state index contributed by atoms with van der Waals surface area (Å²) in [5.74, 6) is -0.302. The lowest BCUT2D eigenvalue weighted by Crippen LogP contribution is -2.52. The number of nitrogens with two attached hydrogens (primary N) is 1. The summed E-state index contributed by atoms with van der Waals surface area (Å²) in [7, 11) is -4.06. The maximum absolute atomic E-state index is 13.7. The van der Waals surface area contributed by atoms with Gasteiger partial charge in [-0.25, -0.2) is 13.2 Å². The molecule has 33 heavy (non-hydrogen) atoms. The number of sulfonamides is 1. The zero-order chi connectivity index (χ0) is 24.0. The fourth-order valence-corrected chi connectivity index (χ4v) is 5.57. The third-order valence-electron chi connectivity index (χ3n) is 5.36. The third kappa shape index (κ3) is 5.85. The van der Waals surface area contributed by atoms with Crippen molar-refractivity contribution < 1.29 is 18.0 Å². The van der Waals surface area contributed by atoms with Crippen LogP contribution in [0, 0.1) is 0 Å². The number of urea groups is 1. The number of benzene rings is 2. The molecule has 0 saturated carbocycles. The standard InChI is InChI=1S/C23H27ClN4O4S/c1-2-21(22(29)27-14-6-7-17(16-27)15-26-23(25)30)28(19-8-4-3-5-9-19)33(31,32)20-12-10-18(24)11-13-20/h3-5,7-13,21H,2,6,14-16H2,1H3,(H3,25,26,30). The van der Waals surface area contributed by atoms with Crippen LogP contribution in [0.4, 0.5) is 10.5 Å². The summed E-state index contributed by atoms with van der Waals surface area (Å²) in [6, 6.07) is 12.9. The molecule has 10 heteroatoms. The third-order valence-corrected chi connectivity index (χ3v) is 7.47. The van der Waals surface area contributed by atoms with Gasteiger partial charge in [-0.2, -0.15) is 0 Å². The highest BCUT2D eigenvalue weighted by Gasteiger charge is 2.37. The molecule has 3 rings (SSSR count). The van der Waals surface area contributed by atoms with Gasteiger partial charge >= 0.3 is 6.03 Å². The Bertz CT molecular complexity index is 1120. The van der Waals surface area contributed by atoms with Gasteiger partial charge in [0.25, 0.3) is 10.0 Å². The fraction of sp³-hybridized carbons (Fsp3) is 0.304. The first-order valence-electron chi connectivity index (χ1n) is 10.6. The van der Waals surface area contributed by atoms with Gasteiger partial charge < -0.3 is 16.0 Å². The topological polar surface area (TPSA) is 113 Å². The fourth-order valence-electron chi connectivity index (χ4n) is 3.76. The highest BCUT2D eigenvalue weighted by atomic mass is 35.5. The number of rotatable bonds is 8. The predicted molar refractivity (Wildman–Crippen MR) is 129 cm³/mol. The van der Waals surface area contributed by atoms with Gasteiger partial charge in [0.2, 0.25) is 5.91 Å². The molecule has 3 N–H and O–H groups in total. The summed E-state index contributed by atoms with van der Waals surface area (Å²) >= 11 is 5.95. The first-order chi connectivity index (χ1) is 15.7. The van der Waals surface area contributed by atoms with Crippen molar-refractivity contribution in [3.63, 3.8) is 0 Å². The number of anilines is 1. The van der Waals surface area contributed by atoms with Crippen LogP contribution in [-0.4, -0.2) is 50.9 Å². The van der Waals surface area contributed by atoms with Crippen LogP contribution in [0.5, 0.6) is 0 Å². The van der Waals surface area contributed by atoms with Gasteiger partial charge in [0, 0.05) is 24.7 Å². The second kappa shape index (κ2) is 10.7. The van der Waals surface area contributed by atoms with Crippen molar-refractivity contribution in [2.24, 2.45) is 5.73 Å². The van der Waals surface area contributed by atoms with Gasteiger partial charge in [0.05, 0.1) is 10.6 Å². The summed E-state index contributed by atoms with van der Waals surface area (Å²) in [6.45, 7) is 2.77. The molecule has 1 unspecified atom stereocenters. The van der Waals surface area contributed by atoms with Crippen molar-refractivity contribution in [1.82, 2.24) is 10.2 Å². The van der Waals surface area contributed by atoms with E-state index >= 15 is 0 Å². The summed E-state index contributed by atoms with van der Waals surface area (Å²) in [5.41, 5.74) is 6.39. The van der Waals surface area contributed by atoms with Crippen LogP contribution in [-0.2, 0) is 14.8 Å². The molecule has 1 aliphatic rings. The van der Waals surface area contributed by atoms with Gasteiger partial charge in [-0.3, -0.25) is 9.10 Å². The van der Waals surface area contributed by atoms with Crippen molar-refractivity contribution >= 4 is 39.2 Å². The average molecular weight is 491 g/mol. The molecule has 1 atom stereocenters. The molecule has 3 amide bonds. The smallest absolute Gasteiger partial charge is 0.312 e. The Morgan fingerprint density at radius 3 is 2.42 bits per heavy atom. The molecule has 1 aliphatic heterocycles. The minimum atomic E-state index is -4.06. The zero-order valence-corrected chi connectivity index (χ0v) is 19.8. The van der Waals surface area contributed by atoms with Crippen LogP contribution >= 0.6 is 11.6 Å². The van der Waals surface area contributed by atoms with E-state index in [9.17, 15) is 18.0 Å². The lowest BCUT2D eigenvalue weighted by molar-refractivity contribution is -0.132. The largest absolute Gasteiger partial charge is 0.352 e. The Morgan fingerprint density at radius 1 is 1.15 bits per heavy atom. The van der Waals surface area contributed by atoms with Crippen LogP contribution in [0.3, 0.4) is 0 Å². The lowest BCUT2D eigenvalue weighted by atomic mass is 10.1. The molecule has 0 spiro atoms. The van der Waals surface area contributed by atoms with E-state index in [1.54, 1.807) is 42.2 Å². The molecule has 0 aromatic heterocycles. The van der Waals surface area contributed by atoms with E-state index < -0.39 is 22.1 Å². The minimum absolute atomic E-state index is 0.0480. The molecule has 2 aromatic rings. The molecule has 1 heterocycles. The number of amides is 3. The monoisotopic (exact) mass is 490 g/mol. The normalized spacial score (nSPS) is 14.8. The van der Waals surface area contributed by atoms with Crippen molar-refractivity contribution in [2.75, 3.05) is 23.9 Å². The number of halogens is 1. The second-order valence-electron chi connectivity index (χ2n) is 7.64. The van der Waals surface area contributed by atoms with E-state index in [0.717, 1.165) is 5.57 Å². The zero-order valence-electron chi connectivity index (χ0n) is 18.3. The number of carbonyl (C=O) groups excluding carboxylic acids is 2. The molecule has 0 radical (unpaired) electrons. The first kappa shape index (κ1) is 24.6. The number of para-hydroxylation sites is 1. The first-order valence-corrected chi connectivity index (χ1v) is 12.4. The Hall–Kier alpha value is -3.04. The average Bonchev–Trinajstić information content (AvgIpc) is 2.81. The molecule has 8 nitrogen and oxygen atoms in total. The predicted octanol–water partition coefficient (Wildman–Crippen LogP) is 3.14. The highest BCUT2D eigenvalue weighted by molar-refractivity contribution is 7.93. The van der Waals surface area contributed by atoms with Gasteiger partial charge in [0.1, 0.15) is 6.04 Å². The van der Waals surface area contributed by atoms with Crippen LogP contribution in [0.2, 0.25) is 5.02 Å². The quantitative estimate of drug-likeness (QED) is 0.553. The molecule has 176 valence electrons. The molecular formula is C23H27ClN4O4S. The van der Waals surface area contributed by atoms with Crippen LogP contribution < -0.4 is 15.4 Å². The molecule has 0 bridgehead atoms. The van der Waals surface area contributed by atoms with Gasteiger partial charge in [-0.1, -0.05) is 42.8 Å². The summed E-state index contributed by atoms with van der Waals surface area (Å²) in [5, 5.41) is 2.95. The van der Waals surface area contributed by atoms with E-state index in [2.05, 4.69) is 5.32 Å². The Morgan fingerprint density at radius 2 is 1.82 bits per heavy atom. The number of hydrogen-bond acceptors (Lipinski definition) is 4. The van der Waals surface area contributed by atoms with Crippen molar-refractivity contribution in [3.05, 3.63) is 71.3 Å². The number of nitrogens with zero attached hydrogens (tertiary/aromatic N) is 2. The second-order valence-corrected chi connectivity index (χ2v) is 9.89. The van der Waals surface area contributed by atoms with Crippen LogP contribution in [0.15, 0.2) is 71.1 Å². The van der Waals surface area contributed by atoms with Gasteiger partial charge in [0.15, 0.2) is 0 Å². The van der Waals surface area contributed by atoms with Crippen LogP contribution in [0.1, 0.15) is 19.8 Å².